The van der Waals surface area contributed by atoms with Gasteiger partial charge in [0.1, 0.15) is 6.61 Å². The second kappa shape index (κ2) is 11.9. The van der Waals surface area contributed by atoms with Gasteiger partial charge in [0.2, 0.25) is 5.16 Å². The van der Waals surface area contributed by atoms with Crippen LogP contribution >= 0.6 is 50.9 Å². The zero-order valence-electron chi connectivity index (χ0n) is 17.1. The Morgan fingerprint density at radius 1 is 1.23 bits per heavy atom. The van der Waals surface area contributed by atoms with E-state index in [-0.39, 0.29) is 0 Å². The average Bonchev–Trinajstić information content (AvgIpc) is 3.16. The molecule has 0 amide bonds. The summed E-state index contributed by atoms with van der Waals surface area (Å²) in [5.41, 5.74) is 1.83. The molecule has 3 rings (SSSR count). The summed E-state index contributed by atoms with van der Waals surface area (Å²) in [6, 6.07) is 9.18. The number of rotatable bonds is 11. The molecule has 0 atom stereocenters. The van der Waals surface area contributed by atoms with Crippen LogP contribution in [0.5, 0.6) is 11.5 Å². The summed E-state index contributed by atoms with van der Waals surface area (Å²) in [5.74, 6) is 2.25. The lowest BCUT2D eigenvalue weighted by Crippen LogP contribution is -2.17. The van der Waals surface area contributed by atoms with E-state index in [2.05, 4.69) is 36.8 Å². The summed E-state index contributed by atoms with van der Waals surface area (Å²) in [4.78, 5) is 0. The van der Waals surface area contributed by atoms with Crippen molar-refractivity contribution in [1.29, 1.82) is 0 Å². The number of benzene rings is 2. The largest absolute Gasteiger partial charge is 0.493 e. The summed E-state index contributed by atoms with van der Waals surface area (Å²) >= 11 is 17.5. The van der Waals surface area contributed by atoms with E-state index >= 15 is 0 Å². The van der Waals surface area contributed by atoms with Crippen LogP contribution in [0.15, 0.2) is 40.0 Å². The van der Waals surface area contributed by atoms with E-state index in [1.165, 1.54) is 0 Å². The van der Waals surface area contributed by atoms with Gasteiger partial charge in [-0.2, -0.15) is 0 Å². The minimum absolute atomic E-state index is 0.304. The molecule has 0 radical (unpaired) electrons. The number of aromatic nitrogens is 4. The topological polar surface area (TPSA) is 74.1 Å². The zero-order chi connectivity index (χ0) is 22.2. The fourth-order valence-corrected chi connectivity index (χ4v) is 4.48. The molecule has 0 aliphatic rings. The summed E-state index contributed by atoms with van der Waals surface area (Å²) in [6.45, 7) is 1.76. The molecule has 0 unspecified atom stereocenters. The SMILES string of the molecule is COc1ccc(Br)c(CNCCCSc2nnnn2C)c1OCc1ccc(Cl)cc1Cl. The molecule has 0 spiro atoms. The minimum Gasteiger partial charge on any atom is -0.493 e. The fraction of sp³-hybridized carbons (Fsp3) is 0.350. The normalized spacial score (nSPS) is 11.0. The van der Waals surface area contributed by atoms with Crippen LogP contribution in [0.25, 0.3) is 0 Å². The van der Waals surface area contributed by atoms with Gasteiger partial charge >= 0.3 is 0 Å². The second-order valence-corrected chi connectivity index (χ2v) is 9.31. The van der Waals surface area contributed by atoms with Crippen molar-refractivity contribution in [1.82, 2.24) is 25.5 Å². The number of tetrazole rings is 1. The molecule has 1 aromatic heterocycles. The van der Waals surface area contributed by atoms with Crippen molar-refractivity contribution >= 4 is 50.9 Å². The van der Waals surface area contributed by atoms with Crippen LogP contribution in [-0.2, 0) is 20.2 Å². The highest BCUT2D eigenvalue weighted by molar-refractivity contribution is 9.10. The van der Waals surface area contributed by atoms with Gasteiger partial charge in [0.25, 0.3) is 0 Å². The molecule has 0 saturated carbocycles. The average molecular weight is 547 g/mol. The Bertz CT molecular complexity index is 1020. The van der Waals surface area contributed by atoms with Gasteiger partial charge in [-0.1, -0.05) is 57.0 Å². The molecule has 7 nitrogen and oxygen atoms in total. The third-order valence-electron chi connectivity index (χ3n) is 4.39. The van der Waals surface area contributed by atoms with Gasteiger partial charge in [-0.3, -0.25) is 0 Å². The number of methoxy groups -OCH3 is 1. The Morgan fingerprint density at radius 3 is 2.77 bits per heavy atom. The van der Waals surface area contributed by atoms with Crippen molar-refractivity contribution in [3.63, 3.8) is 0 Å². The van der Waals surface area contributed by atoms with Gasteiger partial charge in [-0.05, 0) is 47.7 Å². The molecule has 0 fully saturated rings. The maximum absolute atomic E-state index is 6.29. The lowest BCUT2D eigenvalue weighted by molar-refractivity contribution is 0.280. The number of thioether (sulfide) groups is 1. The number of nitrogens with zero attached hydrogens (tertiary/aromatic N) is 4. The molecule has 0 bridgehead atoms. The van der Waals surface area contributed by atoms with Crippen LogP contribution in [0.3, 0.4) is 0 Å². The van der Waals surface area contributed by atoms with Gasteiger partial charge in [-0.25, -0.2) is 4.68 Å². The lowest BCUT2D eigenvalue weighted by atomic mass is 10.1. The number of halogens is 3. The lowest BCUT2D eigenvalue weighted by Gasteiger charge is -2.17. The molecule has 3 aromatic rings. The second-order valence-electron chi connectivity index (χ2n) is 6.55. The highest BCUT2D eigenvalue weighted by atomic mass is 79.9. The highest BCUT2D eigenvalue weighted by Gasteiger charge is 2.15. The first-order valence-electron chi connectivity index (χ1n) is 9.47. The monoisotopic (exact) mass is 545 g/mol. The summed E-state index contributed by atoms with van der Waals surface area (Å²) < 4.78 is 14.3. The van der Waals surface area contributed by atoms with E-state index in [0.717, 1.165) is 39.5 Å². The zero-order valence-corrected chi connectivity index (χ0v) is 21.0. The van der Waals surface area contributed by atoms with Crippen LogP contribution in [-0.4, -0.2) is 39.6 Å². The van der Waals surface area contributed by atoms with E-state index in [1.54, 1.807) is 35.7 Å². The summed E-state index contributed by atoms with van der Waals surface area (Å²) in [6.07, 6.45) is 0.968. The van der Waals surface area contributed by atoms with E-state index in [0.29, 0.717) is 34.7 Å². The first-order chi connectivity index (χ1) is 15.0. The summed E-state index contributed by atoms with van der Waals surface area (Å²) in [5, 5.41) is 16.9. The van der Waals surface area contributed by atoms with E-state index in [1.807, 2.05) is 25.2 Å². The third kappa shape index (κ3) is 6.73. The molecule has 1 heterocycles. The highest BCUT2D eigenvalue weighted by Crippen LogP contribution is 2.37. The summed E-state index contributed by atoms with van der Waals surface area (Å²) in [7, 11) is 3.46. The number of ether oxygens (including phenoxy) is 2. The van der Waals surface area contributed by atoms with Gasteiger partial charge in [0.05, 0.1) is 7.11 Å². The van der Waals surface area contributed by atoms with Crippen molar-refractivity contribution in [2.24, 2.45) is 7.05 Å². The molecule has 1 N–H and O–H groups in total. The molecule has 0 aliphatic carbocycles. The molecular weight excluding hydrogens is 525 g/mol. The Labute approximate surface area is 203 Å². The Morgan fingerprint density at radius 2 is 2.06 bits per heavy atom. The number of hydrogen-bond acceptors (Lipinski definition) is 7. The maximum atomic E-state index is 6.29. The van der Waals surface area contributed by atoms with Gasteiger partial charge < -0.3 is 14.8 Å². The Balaban J connectivity index is 1.59. The molecule has 0 aliphatic heterocycles. The van der Waals surface area contributed by atoms with Crippen LogP contribution in [0.1, 0.15) is 17.5 Å². The van der Waals surface area contributed by atoms with Crippen LogP contribution < -0.4 is 14.8 Å². The van der Waals surface area contributed by atoms with Gasteiger partial charge in [-0.15, -0.1) is 5.10 Å². The van der Waals surface area contributed by atoms with Crippen LogP contribution in [0.2, 0.25) is 10.0 Å². The van der Waals surface area contributed by atoms with Crippen molar-refractivity contribution in [3.8, 4) is 11.5 Å². The van der Waals surface area contributed by atoms with E-state index < -0.39 is 0 Å². The minimum atomic E-state index is 0.304. The predicted octanol–water partition coefficient (Wildman–Crippen LogP) is 5.14. The van der Waals surface area contributed by atoms with Crippen molar-refractivity contribution < 1.29 is 9.47 Å². The quantitative estimate of drug-likeness (QED) is 0.263. The molecule has 0 saturated heterocycles. The molecule has 11 heteroatoms. The third-order valence-corrected chi connectivity index (χ3v) is 6.81. The van der Waals surface area contributed by atoms with Crippen molar-refractivity contribution in [2.75, 3.05) is 19.4 Å². The van der Waals surface area contributed by atoms with Crippen LogP contribution in [0.4, 0.5) is 0 Å². The smallest absolute Gasteiger partial charge is 0.209 e. The predicted molar refractivity (Wildman–Crippen MR) is 127 cm³/mol. The van der Waals surface area contributed by atoms with Crippen molar-refractivity contribution in [3.05, 3.63) is 56.0 Å². The molecule has 31 heavy (non-hydrogen) atoms. The number of aryl methyl sites for hydroxylation is 1. The van der Waals surface area contributed by atoms with E-state index in [9.17, 15) is 0 Å². The maximum Gasteiger partial charge on any atom is 0.209 e. The van der Waals surface area contributed by atoms with E-state index in [4.69, 9.17) is 32.7 Å². The molecular formula is C20H22BrCl2N5O2S. The van der Waals surface area contributed by atoms with Gasteiger partial charge in [0.15, 0.2) is 11.5 Å². The van der Waals surface area contributed by atoms with Crippen LogP contribution in [0, 0.1) is 0 Å². The number of nitrogens with one attached hydrogen (secondary N) is 1. The first kappa shape index (κ1) is 24.1. The first-order valence-corrected chi connectivity index (χ1v) is 12.0. The molecule has 166 valence electrons. The van der Waals surface area contributed by atoms with Crippen molar-refractivity contribution in [2.45, 2.75) is 24.7 Å². The molecule has 2 aromatic carbocycles. The Hall–Kier alpha value is -1.52. The number of hydrogen-bond donors (Lipinski definition) is 1. The standard InChI is InChI=1S/C20H22BrCl2N5O2S/c1-28-20(25-26-27-28)31-9-3-8-24-11-15-16(21)6-7-18(29-2)19(15)30-12-13-4-5-14(22)10-17(13)23/h4-7,10,24H,3,8-9,11-12H2,1-2H3. The fourth-order valence-electron chi connectivity index (χ4n) is 2.77. The Kier molecular flexibility index (Phi) is 9.28. The van der Waals surface area contributed by atoms with Gasteiger partial charge in [0, 0.05) is 45.0 Å².